The molecule has 10 heteroatoms. The number of likely N-dealkylation sites (N-methyl/N-ethyl adjacent to an activating group) is 1. The number of quaternary nitrogens is 1. The summed E-state index contributed by atoms with van der Waals surface area (Å²) in [4.78, 5) is 35.9. The minimum atomic E-state index is -4.40. The summed E-state index contributed by atoms with van der Waals surface area (Å²) in [5, 5.41) is 0. The highest BCUT2D eigenvalue weighted by atomic mass is 31.2. The normalized spacial score (nSPS) is 13.8. The predicted molar refractivity (Wildman–Crippen MR) is 381 cm³/mol. The Kier molecular flexibility index (Phi) is 65.5. The van der Waals surface area contributed by atoms with Gasteiger partial charge in [0, 0.05) is 12.8 Å². The highest BCUT2D eigenvalue weighted by Crippen LogP contribution is 2.43. The second-order valence-corrected chi connectivity index (χ2v) is 27.1. The molecule has 0 radical (unpaired) electrons. The van der Waals surface area contributed by atoms with E-state index in [1.54, 1.807) is 0 Å². The van der Waals surface area contributed by atoms with Crippen LogP contribution in [-0.2, 0) is 32.7 Å². The van der Waals surface area contributed by atoms with Gasteiger partial charge in [0.25, 0.3) is 0 Å². The summed E-state index contributed by atoms with van der Waals surface area (Å²) in [5.41, 5.74) is 0. The molecule has 0 aliphatic carbocycles. The van der Waals surface area contributed by atoms with Crippen LogP contribution in [0.15, 0.2) is 109 Å². The molecule has 0 heterocycles. The fourth-order valence-corrected chi connectivity index (χ4v) is 11.0. The third-order valence-corrected chi connectivity index (χ3v) is 16.8. The van der Waals surface area contributed by atoms with E-state index >= 15 is 0 Å². The minimum Gasteiger partial charge on any atom is -0.462 e. The first-order valence-corrected chi connectivity index (χ1v) is 38.1. The molecular formula is C78H139NO8P+. The lowest BCUT2D eigenvalue weighted by molar-refractivity contribution is -0.870. The summed E-state index contributed by atoms with van der Waals surface area (Å²) in [5.74, 6) is -0.788. The lowest BCUT2D eigenvalue weighted by Crippen LogP contribution is -2.37. The summed E-state index contributed by atoms with van der Waals surface area (Å²) >= 11 is 0. The summed E-state index contributed by atoms with van der Waals surface area (Å²) in [6.07, 6.45) is 96.3. The lowest BCUT2D eigenvalue weighted by atomic mass is 10.0. The summed E-state index contributed by atoms with van der Waals surface area (Å²) in [7, 11) is 1.48. The number of ether oxygens (including phenoxy) is 2. The van der Waals surface area contributed by atoms with E-state index in [9.17, 15) is 19.0 Å². The second kappa shape index (κ2) is 68.0. The number of hydrogen-bond acceptors (Lipinski definition) is 7. The second-order valence-electron chi connectivity index (χ2n) is 25.6. The lowest BCUT2D eigenvalue weighted by Gasteiger charge is -2.24. The van der Waals surface area contributed by atoms with E-state index in [1.807, 2.05) is 21.1 Å². The van der Waals surface area contributed by atoms with Crippen LogP contribution in [0, 0.1) is 0 Å². The number of nitrogens with zero attached hydrogens (tertiary/aromatic N) is 1. The van der Waals surface area contributed by atoms with Gasteiger partial charge in [0.15, 0.2) is 6.10 Å². The van der Waals surface area contributed by atoms with Crippen LogP contribution in [0.25, 0.3) is 0 Å². The number of hydrogen-bond donors (Lipinski definition) is 1. The van der Waals surface area contributed by atoms with Gasteiger partial charge in [-0.2, -0.15) is 0 Å². The van der Waals surface area contributed by atoms with Crippen molar-refractivity contribution in [2.75, 3.05) is 47.5 Å². The van der Waals surface area contributed by atoms with E-state index in [4.69, 9.17) is 18.5 Å². The molecule has 0 saturated heterocycles. The Labute approximate surface area is 544 Å². The van der Waals surface area contributed by atoms with Gasteiger partial charge in [0.2, 0.25) is 0 Å². The summed E-state index contributed by atoms with van der Waals surface area (Å²) < 4.78 is 34.7. The standard InChI is InChI=1S/C78H138NO8P/c1-6-8-10-12-14-16-18-20-22-24-26-28-30-31-32-33-34-35-36-37-38-39-40-41-42-43-44-45-46-47-49-51-53-55-57-59-61-63-65-67-69-71-78(81)87-76(75-86-88(82,83)85-73-72-79(3,4)5)74-84-77(80)70-68-66-64-62-60-58-56-54-52-50-48-29-27-25-23-21-19-17-15-13-11-9-7-2/h8,10,14,16,20,22,26,28,31-32,34-35,37-38,40-41,43-44,76H,6-7,9,11-13,15,17-19,21,23-25,27,29-30,33,36,39,42,45-75H2,1-5H3/p+1/b10-8-,16-14-,22-20-,28-26-,32-31-,35-34-,38-37-,41-40-,44-43-. The number of allylic oxidation sites excluding steroid dienone is 18. The molecule has 9 nitrogen and oxygen atoms in total. The van der Waals surface area contributed by atoms with Crippen LogP contribution in [0.3, 0.4) is 0 Å². The highest BCUT2D eigenvalue weighted by molar-refractivity contribution is 7.47. The molecule has 2 atom stereocenters. The van der Waals surface area contributed by atoms with Crippen LogP contribution in [0.2, 0.25) is 0 Å². The fraction of sp³-hybridized carbons (Fsp3) is 0.744. The zero-order valence-corrected chi connectivity index (χ0v) is 58.8. The maximum absolute atomic E-state index is 12.9. The van der Waals surface area contributed by atoms with Crippen molar-refractivity contribution in [3.63, 3.8) is 0 Å². The molecule has 0 fully saturated rings. The van der Waals surface area contributed by atoms with Crippen molar-refractivity contribution in [2.45, 2.75) is 328 Å². The smallest absolute Gasteiger partial charge is 0.462 e. The number of phosphoric acid groups is 1. The molecule has 2 unspecified atom stereocenters. The van der Waals surface area contributed by atoms with E-state index in [2.05, 4.69) is 123 Å². The molecule has 0 amide bonds. The Hall–Kier alpha value is -3.33. The van der Waals surface area contributed by atoms with Crippen LogP contribution < -0.4 is 0 Å². The molecule has 0 aliphatic rings. The van der Waals surface area contributed by atoms with Gasteiger partial charge >= 0.3 is 19.8 Å². The van der Waals surface area contributed by atoms with Gasteiger partial charge in [-0.15, -0.1) is 0 Å². The van der Waals surface area contributed by atoms with Gasteiger partial charge in [-0.05, 0) is 83.5 Å². The summed E-state index contributed by atoms with van der Waals surface area (Å²) in [6, 6.07) is 0. The van der Waals surface area contributed by atoms with E-state index in [0.29, 0.717) is 23.9 Å². The number of phosphoric ester groups is 1. The Morgan fingerprint density at radius 3 is 0.966 bits per heavy atom. The molecule has 1 N–H and O–H groups in total. The molecule has 508 valence electrons. The Balaban J connectivity index is 4.02. The van der Waals surface area contributed by atoms with Crippen LogP contribution >= 0.6 is 7.82 Å². The zero-order chi connectivity index (χ0) is 64.1. The summed E-state index contributed by atoms with van der Waals surface area (Å²) in [6.45, 7) is 4.36. The predicted octanol–water partition coefficient (Wildman–Crippen LogP) is 24.1. The Morgan fingerprint density at radius 2 is 0.648 bits per heavy atom. The quantitative estimate of drug-likeness (QED) is 0.0211. The van der Waals surface area contributed by atoms with Crippen molar-refractivity contribution in [1.29, 1.82) is 0 Å². The first kappa shape index (κ1) is 84.7. The van der Waals surface area contributed by atoms with E-state index in [0.717, 1.165) is 96.3 Å². The largest absolute Gasteiger partial charge is 0.472 e. The first-order valence-electron chi connectivity index (χ1n) is 36.6. The Bertz CT molecular complexity index is 1850. The number of carbonyl (C=O) groups excluding carboxylic acids is 2. The molecule has 88 heavy (non-hydrogen) atoms. The number of carbonyl (C=O) groups is 2. The van der Waals surface area contributed by atoms with Gasteiger partial charge < -0.3 is 18.9 Å². The van der Waals surface area contributed by atoms with E-state index in [-0.39, 0.29) is 25.6 Å². The van der Waals surface area contributed by atoms with Crippen molar-refractivity contribution < 1.29 is 42.1 Å². The van der Waals surface area contributed by atoms with Crippen LogP contribution in [0.1, 0.15) is 322 Å². The van der Waals surface area contributed by atoms with Crippen molar-refractivity contribution >= 4 is 19.8 Å². The molecule has 0 aromatic rings. The number of unbranched alkanes of at least 4 members (excludes halogenated alkanes) is 35. The topological polar surface area (TPSA) is 108 Å². The molecule has 0 aliphatic heterocycles. The third kappa shape index (κ3) is 71.7. The van der Waals surface area contributed by atoms with Gasteiger partial charge in [-0.3, -0.25) is 18.6 Å². The van der Waals surface area contributed by atoms with Crippen molar-refractivity contribution in [2.24, 2.45) is 0 Å². The average molecular weight is 1250 g/mol. The molecule has 0 saturated carbocycles. The van der Waals surface area contributed by atoms with Gasteiger partial charge in [-0.25, -0.2) is 4.57 Å². The maximum atomic E-state index is 12.9. The zero-order valence-electron chi connectivity index (χ0n) is 57.9. The number of esters is 2. The fourth-order valence-electron chi connectivity index (χ4n) is 10.2. The average Bonchev–Trinajstić information content (AvgIpc) is 3.58. The van der Waals surface area contributed by atoms with E-state index in [1.165, 1.54) is 193 Å². The molecule has 0 aromatic carbocycles. The first-order chi connectivity index (χ1) is 43.0. The number of rotatable bonds is 67. The molecular weight excluding hydrogens is 1110 g/mol. The molecule has 0 aromatic heterocycles. The maximum Gasteiger partial charge on any atom is 0.472 e. The molecule has 0 rings (SSSR count). The van der Waals surface area contributed by atoms with Gasteiger partial charge in [0.05, 0.1) is 27.7 Å². The van der Waals surface area contributed by atoms with Gasteiger partial charge in [0.1, 0.15) is 19.8 Å². The molecule has 0 spiro atoms. The highest BCUT2D eigenvalue weighted by Gasteiger charge is 2.27. The monoisotopic (exact) mass is 1250 g/mol. The third-order valence-electron chi connectivity index (χ3n) is 15.8. The van der Waals surface area contributed by atoms with Crippen molar-refractivity contribution in [3.8, 4) is 0 Å². The van der Waals surface area contributed by atoms with E-state index < -0.39 is 26.5 Å². The minimum absolute atomic E-state index is 0.0300. The molecule has 0 bridgehead atoms. The van der Waals surface area contributed by atoms with Crippen LogP contribution in [0.4, 0.5) is 0 Å². The van der Waals surface area contributed by atoms with Gasteiger partial charge in [-0.1, -0.05) is 335 Å². The van der Waals surface area contributed by atoms with Crippen molar-refractivity contribution in [1.82, 2.24) is 0 Å². The van der Waals surface area contributed by atoms with Crippen LogP contribution in [-0.4, -0.2) is 74.9 Å². The van der Waals surface area contributed by atoms with Crippen molar-refractivity contribution in [3.05, 3.63) is 109 Å². The van der Waals surface area contributed by atoms with Crippen LogP contribution in [0.5, 0.6) is 0 Å². The SMILES string of the molecule is CC/C=C\C/C=C\C/C=C\C/C=C\C/C=C\C/C=C\C/C=C\C/C=C\C/C=C\CCCCCCCCCCCCCCCC(=O)OC(COC(=O)CCCCCCCCCCCCCCCCCCCCCCCCC)COP(=O)(O)OCC[N+](C)(C)C. The Morgan fingerprint density at radius 1 is 0.364 bits per heavy atom.